The predicted octanol–water partition coefficient (Wildman–Crippen LogP) is 2.45. The molecular weight excluding hydrogens is 356 g/mol. The number of ether oxygens (including phenoxy) is 1. The number of carbonyl (C=O) groups excluding carboxylic acids is 2. The fraction of sp³-hybridized carbons (Fsp3) is 0.636. The van der Waals surface area contributed by atoms with E-state index in [1.807, 2.05) is 6.07 Å². The van der Waals surface area contributed by atoms with Gasteiger partial charge in [0.25, 0.3) is 0 Å². The minimum atomic E-state index is -0.450. The number of benzene rings is 1. The topological polar surface area (TPSA) is 78.9 Å². The van der Waals surface area contributed by atoms with Crippen LogP contribution < -0.4 is 5.32 Å². The van der Waals surface area contributed by atoms with E-state index in [1.54, 1.807) is 4.90 Å². The van der Waals surface area contributed by atoms with Crippen LogP contribution in [0.5, 0.6) is 0 Å². The predicted molar refractivity (Wildman–Crippen MR) is 105 cm³/mol. The second-order valence-corrected chi connectivity index (χ2v) is 8.61. The van der Waals surface area contributed by atoms with Crippen LogP contribution in [0.3, 0.4) is 0 Å². The number of fused-ring (bicyclic) bond motifs is 2. The first-order valence-electron chi connectivity index (χ1n) is 10.4. The van der Waals surface area contributed by atoms with E-state index in [4.69, 9.17) is 4.74 Å². The molecule has 2 bridgehead atoms. The van der Waals surface area contributed by atoms with E-state index < -0.39 is 6.09 Å². The van der Waals surface area contributed by atoms with Crippen molar-refractivity contribution < 1.29 is 19.4 Å². The Morgan fingerprint density at radius 1 is 1.18 bits per heavy atom. The molecule has 3 aliphatic rings. The first kappa shape index (κ1) is 19.2. The number of aliphatic hydroxyl groups excluding tert-OH is 1. The van der Waals surface area contributed by atoms with Gasteiger partial charge in [0.05, 0.1) is 19.2 Å². The standard InChI is InChI=1S/C22H30N2O4/c1-23-21(27)28-19-13-24(14-19)20(26)12-22(15-6-3-2-4-7-15)16-8-5-9-17(22)11-18(25)10-16/h2-4,6-7,16-19,25H,5,8-14H2,1H3,(H,23,27)/t16?,17?,18-,22+. The van der Waals surface area contributed by atoms with Crippen molar-refractivity contribution in [2.75, 3.05) is 20.1 Å². The van der Waals surface area contributed by atoms with Gasteiger partial charge < -0.3 is 20.1 Å². The van der Waals surface area contributed by atoms with E-state index in [9.17, 15) is 14.7 Å². The lowest BCUT2D eigenvalue weighted by Crippen LogP contribution is -2.59. The molecule has 2 unspecified atom stereocenters. The van der Waals surface area contributed by atoms with E-state index in [0.29, 0.717) is 31.3 Å². The molecule has 3 fully saturated rings. The Bertz CT molecular complexity index is 703. The number of amides is 2. The Hall–Kier alpha value is -2.08. The summed E-state index contributed by atoms with van der Waals surface area (Å²) >= 11 is 0. The van der Waals surface area contributed by atoms with Gasteiger partial charge in [-0.15, -0.1) is 0 Å². The average molecular weight is 386 g/mol. The smallest absolute Gasteiger partial charge is 0.407 e. The molecular formula is C22H30N2O4. The van der Waals surface area contributed by atoms with Gasteiger partial charge in [-0.25, -0.2) is 4.79 Å². The maximum absolute atomic E-state index is 13.2. The van der Waals surface area contributed by atoms with Crippen LogP contribution in [0.1, 0.15) is 44.1 Å². The van der Waals surface area contributed by atoms with Crippen molar-refractivity contribution in [1.82, 2.24) is 10.2 Å². The number of alkyl carbamates (subject to hydrolysis) is 1. The monoisotopic (exact) mass is 386 g/mol. The number of hydrogen-bond donors (Lipinski definition) is 2. The number of rotatable bonds is 4. The maximum Gasteiger partial charge on any atom is 0.407 e. The Kier molecular flexibility index (Phi) is 5.32. The summed E-state index contributed by atoms with van der Waals surface area (Å²) in [5.74, 6) is 0.801. The molecule has 1 heterocycles. The molecule has 152 valence electrons. The fourth-order valence-corrected chi connectivity index (χ4v) is 5.77. The summed E-state index contributed by atoms with van der Waals surface area (Å²) in [5, 5.41) is 12.8. The summed E-state index contributed by atoms with van der Waals surface area (Å²) in [5.41, 5.74) is 1.05. The highest BCUT2D eigenvalue weighted by molar-refractivity contribution is 5.79. The van der Waals surface area contributed by atoms with Crippen LogP contribution in [0.15, 0.2) is 30.3 Å². The third-order valence-electron chi connectivity index (χ3n) is 7.11. The molecule has 6 heteroatoms. The fourth-order valence-electron chi connectivity index (χ4n) is 5.77. The third-order valence-corrected chi connectivity index (χ3v) is 7.11. The van der Waals surface area contributed by atoms with Gasteiger partial charge in [-0.3, -0.25) is 4.79 Å². The summed E-state index contributed by atoms with van der Waals surface area (Å²) in [4.78, 5) is 26.3. The molecule has 2 N–H and O–H groups in total. The van der Waals surface area contributed by atoms with E-state index >= 15 is 0 Å². The summed E-state index contributed by atoms with van der Waals surface area (Å²) < 4.78 is 5.23. The van der Waals surface area contributed by atoms with Gasteiger partial charge in [-0.1, -0.05) is 36.8 Å². The molecule has 2 saturated carbocycles. The SMILES string of the molecule is CNC(=O)OC1CN(C(=O)C[C@]2(c3ccccc3)C3CCCC2C[C@H](O)C3)C1. The Balaban J connectivity index is 1.53. The Morgan fingerprint density at radius 2 is 1.82 bits per heavy atom. The highest BCUT2D eigenvalue weighted by Crippen LogP contribution is 2.56. The second-order valence-electron chi connectivity index (χ2n) is 8.61. The summed E-state index contributed by atoms with van der Waals surface area (Å²) in [6, 6.07) is 10.4. The molecule has 28 heavy (non-hydrogen) atoms. The summed E-state index contributed by atoms with van der Waals surface area (Å²) in [7, 11) is 1.53. The lowest BCUT2D eigenvalue weighted by Gasteiger charge is -2.55. The largest absolute Gasteiger partial charge is 0.442 e. The molecule has 1 aromatic rings. The van der Waals surface area contributed by atoms with Crippen molar-refractivity contribution in [2.24, 2.45) is 11.8 Å². The van der Waals surface area contributed by atoms with Crippen molar-refractivity contribution >= 4 is 12.0 Å². The average Bonchev–Trinajstić information content (AvgIpc) is 2.65. The zero-order chi connectivity index (χ0) is 19.7. The van der Waals surface area contributed by atoms with Crippen molar-refractivity contribution in [1.29, 1.82) is 0 Å². The minimum Gasteiger partial charge on any atom is -0.442 e. The highest BCUT2D eigenvalue weighted by Gasteiger charge is 2.54. The normalized spacial score (nSPS) is 32.4. The zero-order valence-electron chi connectivity index (χ0n) is 16.5. The number of carbonyl (C=O) groups is 2. The molecule has 4 rings (SSSR count). The first-order valence-corrected chi connectivity index (χ1v) is 10.4. The van der Waals surface area contributed by atoms with Gasteiger partial charge in [0.15, 0.2) is 0 Å². The Morgan fingerprint density at radius 3 is 2.43 bits per heavy atom. The lowest BCUT2D eigenvalue weighted by molar-refractivity contribution is -0.146. The van der Waals surface area contributed by atoms with Crippen LogP contribution in [0.25, 0.3) is 0 Å². The first-order chi connectivity index (χ1) is 13.5. The molecule has 6 nitrogen and oxygen atoms in total. The van der Waals surface area contributed by atoms with Crippen molar-refractivity contribution in [3.8, 4) is 0 Å². The van der Waals surface area contributed by atoms with Crippen LogP contribution in [0.4, 0.5) is 4.79 Å². The number of nitrogens with one attached hydrogen (secondary N) is 1. The van der Waals surface area contributed by atoms with Gasteiger partial charge in [0, 0.05) is 18.9 Å². The van der Waals surface area contributed by atoms with E-state index in [0.717, 1.165) is 25.7 Å². The highest BCUT2D eigenvalue weighted by atomic mass is 16.6. The molecule has 1 saturated heterocycles. The third kappa shape index (κ3) is 3.39. The van der Waals surface area contributed by atoms with Gasteiger partial charge in [0.2, 0.25) is 5.91 Å². The van der Waals surface area contributed by atoms with E-state index in [-0.39, 0.29) is 23.5 Å². The Labute approximate surface area is 166 Å². The van der Waals surface area contributed by atoms with Gasteiger partial charge in [-0.2, -0.15) is 0 Å². The molecule has 2 amide bonds. The molecule has 0 radical (unpaired) electrons. The molecule has 1 aliphatic heterocycles. The number of likely N-dealkylation sites (tertiary alicyclic amines) is 1. The summed E-state index contributed by atoms with van der Waals surface area (Å²) in [6.07, 6.45) is 4.43. The molecule has 1 aromatic carbocycles. The number of hydrogen-bond acceptors (Lipinski definition) is 4. The van der Waals surface area contributed by atoms with Crippen LogP contribution in [0, 0.1) is 11.8 Å². The zero-order valence-corrected chi connectivity index (χ0v) is 16.5. The quantitative estimate of drug-likeness (QED) is 0.833. The van der Waals surface area contributed by atoms with Crippen molar-refractivity contribution in [3.05, 3.63) is 35.9 Å². The molecule has 2 atom stereocenters. The van der Waals surface area contributed by atoms with Gasteiger partial charge >= 0.3 is 6.09 Å². The number of aliphatic hydroxyl groups is 1. The van der Waals surface area contributed by atoms with E-state index in [2.05, 4.69) is 29.6 Å². The van der Waals surface area contributed by atoms with E-state index in [1.165, 1.54) is 19.0 Å². The van der Waals surface area contributed by atoms with Crippen molar-refractivity contribution in [2.45, 2.75) is 56.1 Å². The van der Waals surface area contributed by atoms with Gasteiger partial charge in [0.1, 0.15) is 6.10 Å². The summed E-state index contributed by atoms with van der Waals surface area (Å²) in [6.45, 7) is 0.935. The lowest BCUT2D eigenvalue weighted by atomic mass is 9.50. The van der Waals surface area contributed by atoms with Crippen molar-refractivity contribution in [3.63, 3.8) is 0 Å². The van der Waals surface area contributed by atoms with Crippen LogP contribution in [0.2, 0.25) is 0 Å². The minimum absolute atomic E-state index is 0.133. The maximum atomic E-state index is 13.2. The van der Waals surface area contributed by atoms with Crippen LogP contribution >= 0.6 is 0 Å². The number of nitrogens with zero attached hydrogens (tertiary/aromatic N) is 1. The van der Waals surface area contributed by atoms with Crippen LogP contribution in [-0.4, -0.2) is 54.4 Å². The molecule has 0 spiro atoms. The second kappa shape index (κ2) is 7.74. The van der Waals surface area contributed by atoms with Gasteiger partial charge in [-0.05, 0) is 43.1 Å². The molecule has 0 aromatic heterocycles. The molecule has 2 aliphatic carbocycles. The van der Waals surface area contributed by atoms with Crippen LogP contribution in [-0.2, 0) is 14.9 Å².